The molecule has 1 aromatic heterocycles. The van der Waals surface area contributed by atoms with Gasteiger partial charge in [0.15, 0.2) is 0 Å². The Morgan fingerprint density at radius 1 is 1.11 bits per heavy atom. The van der Waals surface area contributed by atoms with Crippen molar-refractivity contribution < 1.29 is 14.4 Å². The number of carbonyl (C=O) groups is 3. The van der Waals surface area contributed by atoms with Crippen LogP contribution in [0.3, 0.4) is 0 Å². The number of carbonyl (C=O) groups excluding carboxylic acids is 3. The van der Waals surface area contributed by atoms with Crippen molar-refractivity contribution in [3.63, 3.8) is 0 Å². The molecule has 1 saturated heterocycles. The highest BCUT2D eigenvalue weighted by Gasteiger charge is 2.39. The van der Waals surface area contributed by atoms with Crippen LogP contribution in [-0.2, 0) is 22.2 Å². The van der Waals surface area contributed by atoms with E-state index in [1.807, 2.05) is 41.7 Å². The molecule has 0 radical (unpaired) electrons. The van der Waals surface area contributed by atoms with Crippen LogP contribution < -0.4 is 15.4 Å². The Morgan fingerprint density at radius 3 is 2.54 bits per heavy atom. The van der Waals surface area contributed by atoms with Crippen LogP contribution in [0.1, 0.15) is 35.8 Å². The van der Waals surface area contributed by atoms with Gasteiger partial charge in [-0.25, -0.2) is 4.31 Å². The molecule has 3 N–H and O–H groups in total. The Hall–Kier alpha value is -2.72. The van der Waals surface area contributed by atoms with E-state index in [1.54, 1.807) is 16.7 Å². The number of hydrogen-bond donors (Lipinski definition) is 3. The molecule has 0 aliphatic carbocycles. The first kappa shape index (κ1) is 25.4. The molecular weight excluding hydrogens is 509 g/mol. The van der Waals surface area contributed by atoms with Crippen LogP contribution in [0.15, 0.2) is 42.5 Å². The van der Waals surface area contributed by atoms with Gasteiger partial charge in [-0.3, -0.25) is 19.1 Å². The molecule has 0 saturated carbocycles. The molecule has 2 aromatic carbocycles. The van der Waals surface area contributed by atoms with E-state index < -0.39 is 5.54 Å². The summed E-state index contributed by atoms with van der Waals surface area (Å²) in [5.74, 6) is -0.412. The van der Waals surface area contributed by atoms with Crippen LogP contribution in [0.25, 0.3) is 10.9 Å². The molecule has 35 heavy (non-hydrogen) atoms. The van der Waals surface area contributed by atoms with Crippen LogP contribution in [-0.4, -0.2) is 40.2 Å². The molecule has 0 bridgehead atoms. The summed E-state index contributed by atoms with van der Waals surface area (Å²) in [6.07, 6.45) is 1.85. The van der Waals surface area contributed by atoms with Gasteiger partial charge in [-0.1, -0.05) is 35.3 Å². The summed E-state index contributed by atoms with van der Waals surface area (Å²) in [5, 5.41) is 7.64. The monoisotopic (exact) mass is 533 g/mol. The van der Waals surface area contributed by atoms with Gasteiger partial charge in [0, 0.05) is 55.8 Å². The fourth-order valence-corrected chi connectivity index (χ4v) is 5.42. The van der Waals surface area contributed by atoms with Gasteiger partial charge in [-0.15, -0.1) is 0 Å². The second-order valence-corrected chi connectivity index (χ2v) is 10.2. The third kappa shape index (κ3) is 5.28. The van der Waals surface area contributed by atoms with Crippen molar-refractivity contribution in [1.82, 2.24) is 18.9 Å². The molecule has 1 fully saturated rings. The third-order valence-corrected chi connectivity index (χ3v) is 7.88. The van der Waals surface area contributed by atoms with Crippen LogP contribution in [0.2, 0.25) is 10.0 Å². The summed E-state index contributed by atoms with van der Waals surface area (Å²) in [4.78, 5) is 36.0. The summed E-state index contributed by atoms with van der Waals surface area (Å²) < 4.78 is 6.45. The van der Waals surface area contributed by atoms with Crippen LogP contribution in [0.4, 0.5) is 5.69 Å². The van der Waals surface area contributed by atoms with Crippen LogP contribution in [0, 0.1) is 0 Å². The maximum atomic E-state index is 13.6. The summed E-state index contributed by atoms with van der Waals surface area (Å²) in [6.45, 7) is 2.72. The largest absolute Gasteiger partial charge is 0.341 e. The third-order valence-electron chi connectivity index (χ3n) is 6.24. The zero-order valence-electron chi connectivity index (χ0n) is 19.2. The van der Waals surface area contributed by atoms with E-state index >= 15 is 0 Å². The fraction of sp³-hybridized carbons (Fsp3) is 0.292. The van der Waals surface area contributed by atoms with Crippen molar-refractivity contribution in [2.24, 2.45) is 7.05 Å². The average molecular weight is 534 g/mol. The number of hydrogen-bond acceptors (Lipinski definition) is 5. The van der Waals surface area contributed by atoms with E-state index in [0.717, 1.165) is 11.1 Å². The predicted octanol–water partition coefficient (Wildman–Crippen LogP) is 4.47. The normalized spacial score (nSPS) is 15.5. The lowest BCUT2D eigenvalue weighted by Gasteiger charge is -2.42. The van der Waals surface area contributed by atoms with E-state index in [9.17, 15) is 14.4 Å². The van der Waals surface area contributed by atoms with Crippen molar-refractivity contribution in [1.29, 1.82) is 0 Å². The van der Waals surface area contributed by atoms with E-state index in [-0.39, 0.29) is 11.8 Å². The van der Waals surface area contributed by atoms with Crippen molar-refractivity contribution in [3.05, 3.63) is 63.8 Å². The lowest BCUT2D eigenvalue weighted by molar-refractivity contribution is -0.114. The standard InChI is InChI=1S/C24H25Cl2N5O3S/c1-15(33)28-17-5-3-4-16(12-17)24(8-10-31(11-9-24)35-27-14-32)29-23(34)21-13-18-20(30(21)2)7-6-19(25)22(18)26/h3-7,12-14H,8-11H2,1-2H3,(H,27,32)(H,28,33)(H,29,34). The van der Waals surface area contributed by atoms with Gasteiger partial charge in [0.25, 0.3) is 5.91 Å². The zero-order chi connectivity index (χ0) is 25.2. The van der Waals surface area contributed by atoms with E-state index in [4.69, 9.17) is 23.2 Å². The van der Waals surface area contributed by atoms with Gasteiger partial charge in [0.2, 0.25) is 12.3 Å². The smallest absolute Gasteiger partial charge is 0.268 e. The molecule has 2 heterocycles. The number of halogens is 2. The van der Waals surface area contributed by atoms with E-state index in [0.29, 0.717) is 59.2 Å². The lowest BCUT2D eigenvalue weighted by Crippen LogP contribution is -2.52. The van der Waals surface area contributed by atoms with E-state index in [1.165, 1.54) is 19.1 Å². The number of aryl methyl sites for hydroxylation is 1. The van der Waals surface area contributed by atoms with Crippen LogP contribution in [0.5, 0.6) is 0 Å². The fourth-order valence-electron chi connectivity index (χ4n) is 4.49. The predicted molar refractivity (Wildman–Crippen MR) is 140 cm³/mol. The molecule has 11 heteroatoms. The van der Waals surface area contributed by atoms with Gasteiger partial charge >= 0.3 is 0 Å². The van der Waals surface area contributed by atoms with Gasteiger partial charge in [0.05, 0.1) is 15.6 Å². The highest BCUT2D eigenvalue weighted by Crippen LogP contribution is 2.37. The van der Waals surface area contributed by atoms with E-state index in [2.05, 4.69) is 15.4 Å². The molecule has 0 atom stereocenters. The summed E-state index contributed by atoms with van der Waals surface area (Å²) in [6, 6.07) is 12.8. The number of nitrogens with zero attached hydrogens (tertiary/aromatic N) is 2. The van der Waals surface area contributed by atoms with Gasteiger partial charge < -0.3 is 15.2 Å². The Morgan fingerprint density at radius 2 is 1.86 bits per heavy atom. The minimum Gasteiger partial charge on any atom is -0.341 e. The number of fused-ring (bicyclic) bond motifs is 1. The molecule has 0 unspecified atom stereocenters. The number of rotatable bonds is 7. The minimum atomic E-state index is -0.679. The first-order valence-electron chi connectivity index (χ1n) is 11.0. The second-order valence-electron chi connectivity index (χ2n) is 8.44. The van der Waals surface area contributed by atoms with Gasteiger partial charge in [-0.2, -0.15) is 0 Å². The molecule has 3 amide bonds. The number of amides is 3. The topological polar surface area (TPSA) is 95.5 Å². The Balaban J connectivity index is 1.69. The molecule has 1 aliphatic heterocycles. The summed E-state index contributed by atoms with van der Waals surface area (Å²) in [5.41, 5.74) is 2.14. The van der Waals surface area contributed by atoms with Crippen molar-refractivity contribution in [2.45, 2.75) is 25.3 Å². The number of benzene rings is 2. The maximum Gasteiger partial charge on any atom is 0.268 e. The molecule has 8 nitrogen and oxygen atoms in total. The lowest BCUT2D eigenvalue weighted by atomic mass is 9.81. The minimum absolute atomic E-state index is 0.169. The highest BCUT2D eigenvalue weighted by molar-refractivity contribution is 7.95. The quantitative estimate of drug-likeness (QED) is 0.307. The SMILES string of the molecule is CC(=O)Nc1cccc(C2(NC(=O)c3cc4c(Cl)c(Cl)ccc4n3C)CCN(SNC=O)CC2)c1. The summed E-state index contributed by atoms with van der Waals surface area (Å²) >= 11 is 13.8. The molecule has 0 spiro atoms. The van der Waals surface area contributed by atoms with Gasteiger partial charge in [0.1, 0.15) is 5.69 Å². The first-order chi connectivity index (χ1) is 16.7. The molecule has 3 aromatic rings. The molecular formula is C24H25Cl2N5O3S. The summed E-state index contributed by atoms with van der Waals surface area (Å²) in [7, 11) is 1.82. The number of anilines is 1. The Kier molecular flexibility index (Phi) is 7.61. The first-order valence-corrected chi connectivity index (χ1v) is 12.5. The maximum absolute atomic E-state index is 13.6. The zero-order valence-corrected chi connectivity index (χ0v) is 21.6. The number of nitrogens with one attached hydrogen (secondary N) is 3. The number of piperidine rings is 1. The number of aromatic nitrogens is 1. The average Bonchev–Trinajstić information content (AvgIpc) is 3.18. The Labute approximate surface area is 217 Å². The molecule has 4 rings (SSSR count). The molecule has 1 aliphatic rings. The second kappa shape index (κ2) is 10.5. The van der Waals surface area contributed by atoms with Crippen molar-refractivity contribution in [2.75, 3.05) is 18.4 Å². The van der Waals surface area contributed by atoms with Gasteiger partial charge in [-0.05, 0) is 48.7 Å². The van der Waals surface area contributed by atoms with Crippen LogP contribution >= 0.6 is 35.3 Å². The van der Waals surface area contributed by atoms with Crippen molar-refractivity contribution in [3.8, 4) is 0 Å². The molecule has 184 valence electrons. The highest BCUT2D eigenvalue weighted by atomic mass is 35.5. The Bertz CT molecular complexity index is 1290. The van der Waals surface area contributed by atoms with Crippen molar-refractivity contribution >= 4 is 70.2 Å².